The molecule has 1 N–H and O–H groups in total. The van der Waals surface area contributed by atoms with Gasteiger partial charge in [0.15, 0.2) is 0 Å². The van der Waals surface area contributed by atoms with E-state index < -0.39 is 10.0 Å². The predicted molar refractivity (Wildman–Crippen MR) is 77.6 cm³/mol. The van der Waals surface area contributed by atoms with Crippen molar-refractivity contribution in [2.45, 2.75) is 30.7 Å². The van der Waals surface area contributed by atoms with Crippen molar-refractivity contribution >= 4 is 33.2 Å². The number of rotatable bonds is 4. The van der Waals surface area contributed by atoms with E-state index in [0.29, 0.717) is 13.2 Å². The molecule has 1 unspecified atom stereocenters. The van der Waals surface area contributed by atoms with Crippen LogP contribution in [-0.4, -0.2) is 32.7 Å². The van der Waals surface area contributed by atoms with E-state index in [1.165, 1.54) is 12.3 Å². The zero-order valence-corrected chi connectivity index (χ0v) is 13.3. The van der Waals surface area contributed by atoms with Crippen LogP contribution in [0.5, 0.6) is 0 Å². The second kappa shape index (κ2) is 6.58. The molecule has 8 heteroatoms. The quantitative estimate of drug-likeness (QED) is 0.856. The molecular weight excluding hydrogens is 323 g/mol. The van der Waals surface area contributed by atoms with Gasteiger partial charge in [-0.05, 0) is 31.7 Å². The van der Waals surface area contributed by atoms with E-state index >= 15 is 0 Å². The normalized spacial score (nSPS) is 18.9. The Kier molecular flexibility index (Phi) is 5.25. The third kappa shape index (κ3) is 3.83. The van der Waals surface area contributed by atoms with Crippen LogP contribution in [0.15, 0.2) is 17.2 Å². The van der Waals surface area contributed by atoms with Gasteiger partial charge in [-0.3, -0.25) is 0 Å². The Morgan fingerprint density at radius 1 is 1.40 bits per heavy atom. The third-order valence-electron chi connectivity index (χ3n) is 3.40. The lowest BCUT2D eigenvalue weighted by Crippen LogP contribution is -2.40. The van der Waals surface area contributed by atoms with Gasteiger partial charge in [-0.2, -0.15) is 0 Å². The maximum absolute atomic E-state index is 12.3. The van der Waals surface area contributed by atoms with Gasteiger partial charge in [0.1, 0.15) is 10.0 Å². The molecule has 0 saturated carbocycles. The summed E-state index contributed by atoms with van der Waals surface area (Å²) < 4.78 is 32.5. The second-order valence-corrected chi connectivity index (χ2v) is 7.28. The molecule has 2 heterocycles. The minimum absolute atomic E-state index is 0.0193. The molecule has 1 atom stereocenters. The Morgan fingerprint density at radius 3 is 2.65 bits per heavy atom. The van der Waals surface area contributed by atoms with Crippen molar-refractivity contribution in [3.8, 4) is 0 Å². The molecule has 0 radical (unpaired) electrons. The molecule has 0 spiro atoms. The molecule has 0 amide bonds. The first-order valence-electron chi connectivity index (χ1n) is 6.31. The van der Waals surface area contributed by atoms with Crippen LogP contribution in [0.1, 0.15) is 19.8 Å². The largest absolute Gasteiger partial charge is 0.381 e. The van der Waals surface area contributed by atoms with Crippen LogP contribution in [0.2, 0.25) is 10.2 Å². The van der Waals surface area contributed by atoms with Crippen molar-refractivity contribution in [1.29, 1.82) is 0 Å². The highest BCUT2D eigenvalue weighted by atomic mass is 35.5. The van der Waals surface area contributed by atoms with E-state index in [9.17, 15) is 8.42 Å². The van der Waals surface area contributed by atoms with E-state index in [0.717, 1.165) is 12.8 Å². The molecule has 1 aliphatic heterocycles. The molecule has 112 valence electrons. The van der Waals surface area contributed by atoms with Gasteiger partial charge in [-0.15, -0.1) is 0 Å². The lowest BCUT2D eigenvalue weighted by atomic mass is 9.94. The summed E-state index contributed by atoms with van der Waals surface area (Å²) in [7, 11) is -3.64. The van der Waals surface area contributed by atoms with Gasteiger partial charge in [0, 0.05) is 25.5 Å². The summed E-state index contributed by atoms with van der Waals surface area (Å²) in [6.45, 7) is 3.20. The topological polar surface area (TPSA) is 68.3 Å². The Bertz CT molecular complexity index is 574. The Balaban J connectivity index is 2.11. The molecule has 0 aromatic carbocycles. The molecule has 0 aliphatic carbocycles. The SMILES string of the molecule is CC(NS(=O)(=O)c1cnc(Cl)c(Cl)c1)C1CCOCC1. The standard InChI is InChI=1S/C12H16Cl2N2O3S/c1-8(9-2-4-19-5-3-9)16-20(17,18)10-6-11(13)12(14)15-7-10/h6-9,16H,2-5H2,1H3. The number of nitrogens with one attached hydrogen (secondary N) is 1. The van der Waals surface area contributed by atoms with Gasteiger partial charge >= 0.3 is 0 Å². The van der Waals surface area contributed by atoms with E-state index in [1.807, 2.05) is 6.92 Å². The highest BCUT2D eigenvalue weighted by molar-refractivity contribution is 7.89. The molecule has 1 aromatic heterocycles. The average molecular weight is 339 g/mol. The van der Waals surface area contributed by atoms with Gasteiger partial charge in [0.25, 0.3) is 0 Å². The average Bonchev–Trinajstić information content (AvgIpc) is 2.42. The van der Waals surface area contributed by atoms with Crippen molar-refractivity contribution in [3.63, 3.8) is 0 Å². The minimum Gasteiger partial charge on any atom is -0.381 e. The Morgan fingerprint density at radius 2 is 2.05 bits per heavy atom. The van der Waals surface area contributed by atoms with Gasteiger partial charge in [0.05, 0.1) is 5.02 Å². The summed E-state index contributed by atoms with van der Waals surface area (Å²) in [6.07, 6.45) is 2.90. The number of ether oxygens (including phenoxy) is 1. The summed E-state index contributed by atoms with van der Waals surface area (Å²) in [6, 6.07) is 1.13. The maximum Gasteiger partial charge on any atom is 0.242 e. The van der Waals surface area contributed by atoms with E-state index in [2.05, 4.69) is 9.71 Å². The van der Waals surface area contributed by atoms with Crippen LogP contribution in [-0.2, 0) is 14.8 Å². The zero-order valence-electron chi connectivity index (χ0n) is 11.0. The lowest BCUT2D eigenvalue weighted by molar-refractivity contribution is 0.0585. The molecule has 1 aliphatic rings. The number of hydrogen-bond donors (Lipinski definition) is 1. The van der Waals surface area contributed by atoms with Crippen LogP contribution in [0.4, 0.5) is 0 Å². The molecule has 5 nitrogen and oxygen atoms in total. The summed E-state index contributed by atoms with van der Waals surface area (Å²) in [4.78, 5) is 3.78. The maximum atomic E-state index is 12.3. The smallest absolute Gasteiger partial charge is 0.242 e. The third-order valence-corrected chi connectivity index (χ3v) is 5.61. The monoisotopic (exact) mass is 338 g/mol. The summed E-state index contributed by atoms with van der Waals surface area (Å²) in [5, 5.41) is 0.205. The molecule has 2 rings (SSSR count). The molecular formula is C12H16Cl2N2O3S. The Hall–Kier alpha value is -0.400. The molecule has 1 saturated heterocycles. The molecule has 20 heavy (non-hydrogen) atoms. The first-order valence-corrected chi connectivity index (χ1v) is 8.55. The van der Waals surface area contributed by atoms with E-state index in [4.69, 9.17) is 27.9 Å². The van der Waals surface area contributed by atoms with Crippen molar-refractivity contribution < 1.29 is 13.2 Å². The molecule has 0 bridgehead atoms. The first-order chi connectivity index (χ1) is 9.40. The first kappa shape index (κ1) is 16.0. The number of aromatic nitrogens is 1. The van der Waals surface area contributed by atoms with Crippen molar-refractivity contribution in [1.82, 2.24) is 9.71 Å². The van der Waals surface area contributed by atoms with Crippen molar-refractivity contribution in [2.75, 3.05) is 13.2 Å². The van der Waals surface area contributed by atoms with Crippen LogP contribution in [0.3, 0.4) is 0 Å². The summed E-state index contributed by atoms with van der Waals surface area (Å²) in [5.74, 6) is 0.272. The van der Waals surface area contributed by atoms with Gasteiger partial charge < -0.3 is 4.74 Å². The zero-order chi connectivity index (χ0) is 14.8. The van der Waals surface area contributed by atoms with Crippen LogP contribution >= 0.6 is 23.2 Å². The van der Waals surface area contributed by atoms with Gasteiger partial charge in [0.2, 0.25) is 10.0 Å². The van der Waals surface area contributed by atoms with Crippen LogP contribution < -0.4 is 4.72 Å². The van der Waals surface area contributed by atoms with Crippen LogP contribution in [0.25, 0.3) is 0 Å². The van der Waals surface area contributed by atoms with Gasteiger partial charge in [-0.1, -0.05) is 23.2 Å². The molecule has 1 fully saturated rings. The fourth-order valence-electron chi connectivity index (χ4n) is 2.18. The van der Waals surface area contributed by atoms with E-state index in [-0.39, 0.29) is 27.0 Å². The number of halogens is 2. The fraction of sp³-hybridized carbons (Fsp3) is 0.583. The fourth-order valence-corrected chi connectivity index (χ4v) is 3.79. The lowest BCUT2D eigenvalue weighted by Gasteiger charge is -2.28. The Labute approximate surface area is 128 Å². The summed E-state index contributed by atoms with van der Waals surface area (Å²) >= 11 is 11.5. The van der Waals surface area contributed by atoms with E-state index in [1.54, 1.807) is 0 Å². The van der Waals surface area contributed by atoms with Crippen molar-refractivity contribution in [2.24, 2.45) is 5.92 Å². The number of hydrogen-bond acceptors (Lipinski definition) is 4. The number of nitrogens with zero attached hydrogens (tertiary/aromatic N) is 1. The number of sulfonamides is 1. The van der Waals surface area contributed by atoms with Crippen molar-refractivity contribution in [3.05, 3.63) is 22.4 Å². The minimum atomic E-state index is -3.64. The number of pyridine rings is 1. The second-order valence-electron chi connectivity index (χ2n) is 4.80. The highest BCUT2D eigenvalue weighted by Gasteiger charge is 2.26. The molecule has 1 aromatic rings. The van der Waals surface area contributed by atoms with Crippen LogP contribution in [0, 0.1) is 5.92 Å². The highest BCUT2D eigenvalue weighted by Crippen LogP contribution is 2.24. The predicted octanol–water partition coefficient (Wildman–Crippen LogP) is 2.48. The van der Waals surface area contributed by atoms with Gasteiger partial charge in [-0.25, -0.2) is 18.1 Å². The summed E-state index contributed by atoms with van der Waals surface area (Å²) in [5.41, 5.74) is 0.